The van der Waals surface area contributed by atoms with Crippen LogP contribution in [0.2, 0.25) is 0 Å². The van der Waals surface area contributed by atoms with Crippen molar-refractivity contribution < 1.29 is 0 Å². The van der Waals surface area contributed by atoms with Gasteiger partial charge in [0.25, 0.3) is 0 Å². The van der Waals surface area contributed by atoms with Crippen molar-refractivity contribution in [3.63, 3.8) is 0 Å². The first-order chi connectivity index (χ1) is 8.22. The molecule has 6 heteroatoms. The predicted molar refractivity (Wildman–Crippen MR) is 75.3 cm³/mol. The summed E-state index contributed by atoms with van der Waals surface area (Å²) in [4.78, 5) is 0. The fourth-order valence-electron chi connectivity index (χ4n) is 1.99. The van der Waals surface area contributed by atoms with Gasteiger partial charge in [-0.2, -0.15) is 0 Å². The molecular formula is C11H13N3S3. The van der Waals surface area contributed by atoms with E-state index in [1.807, 2.05) is 30.0 Å². The number of aryl methyl sites for hydroxylation is 1. The fraction of sp³-hybridized carbons (Fsp3) is 0.455. The number of hydrogen-bond acceptors (Lipinski definition) is 6. The summed E-state index contributed by atoms with van der Waals surface area (Å²) in [6, 6.07) is 2.62. The summed E-state index contributed by atoms with van der Waals surface area (Å²) < 4.78 is 1.45. The molecule has 0 bridgehead atoms. The lowest BCUT2D eigenvalue weighted by Gasteiger charge is -2.27. The molecule has 0 amide bonds. The average Bonchev–Trinajstić information content (AvgIpc) is 2.87. The molecule has 0 spiro atoms. The molecule has 0 fully saturated rings. The third kappa shape index (κ3) is 2.34. The van der Waals surface area contributed by atoms with E-state index >= 15 is 0 Å². The van der Waals surface area contributed by atoms with Crippen molar-refractivity contribution in [1.82, 2.24) is 10.2 Å². The molecule has 0 saturated carbocycles. The third-order valence-electron chi connectivity index (χ3n) is 2.73. The molecule has 17 heavy (non-hydrogen) atoms. The summed E-state index contributed by atoms with van der Waals surface area (Å²) in [5.41, 5.74) is 1.42. The third-order valence-corrected chi connectivity index (χ3v) is 5.85. The van der Waals surface area contributed by atoms with Crippen LogP contribution >= 0.6 is 34.4 Å². The Bertz CT molecular complexity index is 520. The van der Waals surface area contributed by atoms with Crippen LogP contribution in [-0.4, -0.2) is 15.4 Å². The molecule has 0 saturated heterocycles. The van der Waals surface area contributed by atoms with E-state index in [4.69, 9.17) is 0 Å². The normalized spacial score (nSPS) is 23.4. The maximum Gasteiger partial charge on any atom is 0.206 e. The minimum Gasteiger partial charge on any atom is -0.353 e. The number of aromatic nitrogens is 2. The van der Waals surface area contributed by atoms with E-state index in [-0.39, 0.29) is 0 Å². The molecule has 1 unspecified atom stereocenters. The lowest BCUT2D eigenvalue weighted by atomic mass is 10.1. The monoisotopic (exact) mass is 283 g/mol. The van der Waals surface area contributed by atoms with Crippen LogP contribution in [0.5, 0.6) is 0 Å². The van der Waals surface area contributed by atoms with Crippen molar-refractivity contribution in [3.05, 3.63) is 22.0 Å². The number of nitrogens with zero attached hydrogens (tertiary/aromatic N) is 2. The molecule has 90 valence electrons. The van der Waals surface area contributed by atoms with E-state index < -0.39 is 0 Å². The zero-order valence-corrected chi connectivity index (χ0v) is 12.1. The Morgan fingerprint density at radius 2 is 2.29 bits per heavy atom. The molecule has 2 aromatic heterocycles. The van der Waals surface area contributed by atoms with E-state index in [0.717, 1.165) is 16.6 Å². The molecule has 0 radical (unpaired) electrons. The summed E-state index contributed by atoms with van der Waals surface area (Å²) in [5.74, 6) is 0. The molecule has 3 rings (SSSR count). The van der Waals surface area contributed by atoms with Crippen LogP contribution in [-0.2, 0) is 0 Å². The van der Waals surface area contributed by atoms with Gasteiger partial charge in [0.2, 0.25) is 5.13 Å². The SMILES string of the molecule is Cc1nnc(NC2C[C@H](C)Sc3sccc32)s1. The zero-order chi connectivity index (χ0) is 11.8. The Hall–Kier alpha value is -0.590. The van der Waals surface area contributed by atoms with E-state index in [1.165, 1.54) is 9.77 Å². The van der Waals surface area contributed by atoms with Crippen molar-refractivity contribution in [2.75, 3.05) is 5.32 Å². The van der Waals surface area contributed by atoms with E-state index in [9.17, 15) is 0 Å². The molecule has 1 aliphatic rings. The number of thiophene rings is 1. The van der Waals surface area contributed by atoms with Gasteiger partial charge in [-0.1, -0.05) is 18.3 Å². The van der Waals surface area contributed by atoms with Gasteiger partial charge in [-0.3, -0.25) is 0 Å². The quantitative estimate of drug-likeness (QED) is 0.905. The van der Waals surface area contributed by atoms with Gasteiger partial charge in [0.15, 0.2) is 0 Å². The van der Waals surface area contributed by atoms with Crippen LogP contribution in [0.4, 0.5) is 5.13 Å². The van der Waals surface area contributed by atoms with E-state index in [1.54, 1.807) is 11.3 Å². The molecule has 0 aromatic carbocycles. The van der Waals surface area contributed by atoms with Crippen LogP contribution in [0.15, 0.2) is 15.7 Å². The first-order valence-corrected chi connectivity index (χ1v) is 8.10. The highest BCUT2D eigenvalue weighted by atomic mass is 32.2. The zero-order valence-electron chi connectivity index (χ0n) is 9.64. The van der Waals surface area contributed by atoms with Crippen LogP contribution < -0.4 is 5.32 Å². The Labute approximate surface area is 113 Å². The number of fused-ring (bicyclic) bond motifs is 1. The molecule has 3 nitrogen and oxygen atoms in total. The van der Waals surface area contributed by atoms with Gasteiger partial charge in [-0.15, -0.1) is 33.3 Å². The molecule has 1 aliphatic heterocycles. The lowest BCUT2D eigenvalue weighted by Crippen LogP contribution is -2.18. The number of nitrogens with one attached hydrogen (secondary N) is 1. The minimum atomic E-state index is 0.389. The summed E-state index contributed by atoms with van der Waals surface area (Å²) >= 11 is 5.45. The van der Waals surface area contributed by atoms with Crippen molar-refractivity contribution in [3.8, 4) is 0 Å². The van der Waals surface area contributed by atoms with Crippen LogP contribution in [0, 0.1) is 6.92 Å². The van der Waals surface area contributed by atoms with Gasteiger partial charge in [0.1, 0.15) is 5.01 Å². The first-order valence-electron chi connectivity index (χ1n) is 5.53. The Kier molecular flexibility index (Phi) is 3.10. The second-order valence-electron chi connectivity index (χ2n) is 4.15. The largest absolute Gasteiger partial charge is 0.353 e. The Morgan fingerprint density at radius 3 is 3.06 bits per heavy atom. The second kappa shape index (κ2) is 4.59. The topological polar surface area (TPSA) is 37.8 Å². The smallest absolute Gasteiger partial charge is 0.206 e. The standard InChI is InChI=1S/C11H13N3S3/c1-6-5-9(8-3-4-15-10(8)16-6)12-11-14-13-7(2)17-11/h3-4,6,9H,5H2,1-2H3,(H,12,14)/t6-,9?/m0/s1. The first kappa shape index (κ1) is 11.5. The van der Waals surface area contributed by atoms with Gasteiger partial charge < -0.3 is 5.32 Å². The fourth-order valence-corrected chi connectivity index (χ4v) is 5.20. The van der Waals surface area contributed by atoms with Crippen molar-refractivity contribution >= 4 is 39.6 Å². The maximum absolute atomic E-state index is 4.15. The highest BCUT2D eigenvalue weighted by Crippen LogP contribution is 2.45. The minimum absolute atomic E-state index is 0.389. The summed E-state index contributed by atoms with van der Waals surface area (Å²) in [7, 11) is 0. The average molecular weight is 283 g/mol. The van der Waals surface area contributed by atoms with Crippen molar-refractivity contribution in [2.45, 2.75) is 35.8 Å². The highest BCUT2D eigenvalue weighted by Gasteiger charge is 2.26. The predicted octanol–water partition coefficient (Wildman–Crippen LogP) is 3.95. The van der Waals surface area contributed by atoms with Gasteiger partial charge >= 0.3 is 0 Å². The number of hydrogen-bond donors (Lipinski definition) is 1. The molecule has 2 atom stereocenters. The molecule has 0 aliphatic carbocycles. The molecule has 2 aromatic rings. The number of rotatable bonds is 2. The van der Waals surface area contributed by atoms with Crippen molar-refractivity contribution in [2.24, 2.45) is 0 Å². The van der Waals surface area contributed by atoms with Crippen LogP contribution in [0.25, 0.3) is 0 Å². The molecule has 1 N–H and O–H groups in total. The van der Waals surface area contributed by atoms with Gasteiger partial charge in [0.05, 0.1) is 10.3 Å². The van der Waals surface area contributed by atoms with Gasteiger partial charge in [-0.25, -0.2) is 0 Å². The highest BCUT2D eigenvalue weighted by molar-refractivity contribution is 8.01. The maximum atomic E-state index is 4.15. The summed E-state index contributed by atoms with van der Waals surface area (Å²) in [5, 5.41) is 16.5. The lowest BCUT2D eigenvalue weighted by molar-refractivity contribution is 0.668. The Morgan fingerprint density at radius 1 is 1.41 bits per heavy atom. The van der Waals surface area contributed by atoms with Crippen molar-refractivity contribution in [1.29, 1.82) is 0 Å². The van der Waals surface area contributed by atoms with Crippen LogP contribution in [0.3, 0.4) is 0 Å². The molecular weight excluding hydrogens is 270 g/mol. The Balaban J connectivity index is 1.84. The number of anilines is 1. The summed E-state index contributed by atoms with van der Waals surface area (Å²) in [6.45, 7) is 4.27. The second-order valence-corrected chi connectivity index (χ2v) is 7.96. The van der Waals surface area contributed by atoms with Gasteiger partial charge in [0, 0.05) is 5.25 Å². The summed E-state index contributed by atoms with van der Waals surface area (Å²) in [6.07, 6.45) is 1.15. The van der Waals surface area contributed by atoms with Gasteiger partial charge in [-0.05, 0) is 30.4 Å². The number of thioether (sulfide) groups is 1. The molecule has 3 heterocycles. The van der Waals surface area contributed by atoms with Crippen LogP contribution in [0.1, 0.15) is 30.0 Å². The van der Waals surface area contributed by atoms with E-state index in [0.29, 0.717) is 11.3 Å². The van der Waals surface area contributed by atoms with E-state index in [2.05, 4.69) is 33.9 Å².